The molecule has 0 fully saturated rings. The number of benzene rings is 3. The molecule has 0 radical (unpaired) electrons. The zero-order valence-corrected chi connectivity index (χ0v) is 23.6. The van der Waals surface area contributed by atoms with Crippen molar-refractivity contribution in [3.05, 3.63) is 92.3 Å². The molecule has 0 bridgehead atoms. The van der Waals surface area contributed by atoms with Gasteiger partial charge in [0.1, 0.15) is 5.58 Å². The number of rotatable bonds is 9. The highest BCUT2D eigenvalue weighted by Gasteiger charge is 2.43. The van der Waals surface area contributed by atoms with Gasteiger partial charge in [-0.2, -0.15) is 0 Å². The molecule has 1 unspecified atom stereocenters. The van der Waals surface area contributed by atoms with Crippen molar-refractivity contribution < 1.29 is 28.2 Å². The van der Waals surface area contributed by atoms with E-state index in [1.165, 1.54) is 0 Å². The fraction of sp³-hybridized carbons (Fsp3) is 0.312. The number of fused-ring (bicyclic) bond motifs is 2. The maximum atomic E-state index is 14.0. The Labute approximate surface area is 233 Å². The normalized spacial score (nSPS) is 14.4. The maximum Gasteiger partial charge on any atom is 0.290 e. The fourth-order valence-electron chi connectivity index (χ4n) is 5.47. The van der Waals surface area contributed by atoms with Crippen LogP contribution in [0, 0.1) is 13.8 Å². The topological polar surface area (TPSA) is 87.4 Å². The highest BCUT2D eigenvalue weighted by Crippen LogP contribution is 2.41. The summed E-state index contributed by atoms with van der Waals surface area (Å²) in [7, 11) is 4.74. The van der Waals surface area contributed by atoms with E-state index < -0.39 is 6.04 Å². The summed E-state index contributed by atoms with van der Waals surface area (Å²) < 4.78 is 28.4. The lowest BCUT2D eigenvalue weighted by atomic mass is 9.96. The van der Waals surface area contributed by atoms with E-state index in [9.17, 15) is 9.59 Å². The summed E-state index contributed by atoms with van der Waals surface area (Å²) in [6.45, 7) is 6.54. The molecule has 5 rings (SSSR count). The first-order chi connectivity index (χ1) is 19.3. The number of aryl methyl sites for hydroxylation is 2. The number of methoxy groups -OCH3 is 3. The Morgan fingerprint density at radius 3 is 2.25 bits per heavy atom. The highest BCUT2D eigenvalue weighted by atomic mass is 16.5. The van der Waals surface area contributed by atoms with Crippen LogP contribution < -0.4 is 24.4 Å². The molecule has 0 spiro atoms. The first kappa shape index (κ1) is 27.1. The van der Waals surface area contributed by atoms with Crippen molar-refractivity contribution in [3.63, 3.8) is 0 Å². The summed E-state index contributed by atoms with van der Waals surface area (Å²) in [5, 5.41) is 0.466. The molecule has 3 aromatic carbocycles. The van der Waals surface area contributed by atoms with E-state index in [-0.39, 0.29) is 17.1 Å². The highest BCUT2D eigenvalue weighted by molar-refractivity contribution is 5.99. The van der Waals surface area contributed by atoms with E-state index in [1.54, 1.807) is 26.2 Å². The third-order valence-corrected chi connectivity index (χ3v) is 7.29. The first-order valence-corrected chi connectivity index (χ1v) is 13.2. The number of nitrogens with zero attached hydrogens (tertiary/aromatic N) is 1. The van der Waals surface area contributed by atoms with Gasteiger partial charge in [-0.3, -0.25) is 9.59 Å². The Morgan fingerprint density at radius 1 is 0.850 bits per heavy atom. The van der Waals surface area contributed by atoms with Crippen LogP contribution in [-0.4, -0.2) is 45.3 Å². The van der Waals surface area contributed by atoms with Crippen LogP contribution >= 0.6 is 0 Å². The maximum absolute atomic E-state index is 14.0. The molecule has 1 aliphatic rings. The molecule has 4 aromatic rings. The summed E-state index contributed by atoms with van der Waals surface area (Å²) in [6.07, 6.45) is 0.524. The SMILES string of the molecule is CCOc1ccc(C2c3c(oc4c(C)cc(C)cc4c3=O)C(=O)N2CCc2ccc(OC)c(OC)c2)cc1OC. The molecule has 1 aromatic heterocycles. The smallest absolute Gasteiger partial charge is 0.290 e. The second kappa shape index (κ2) is 11.0. The number of ether oxygens (including phenoxy) is 4. The minimum absolute atomic E-state index is 0.0783. The van der Waals surface area contributed by atoms with Gasteiger partial charge in [0.2, 0.25) is 5.76 Å². The molecule has 0 saturated carbocycles. The predicted molar refractivity (Wildman–Crippen MR) is 152 cm³/mol. The standard InChI is InChI=1S/C32H33NO7/c1-7-39-24-11-9-21(17-26(24)38-6)28-27-29(34)22-15-18(2)14-19(3)30(22)40-31(27)32(35)33(28)13-12-20-8-10-23(36-4)25(16-20)37-5/h8-11,14-17,28H,7,12-13H2,1-6H3. The van der Waals surface area contributed by atoms with Gasteiger partial charge in [0, 0.05) is 6.54 Å². The van der Waals surface area contributed by atoms with Crippen molar-refractivity contribution in [1.82, 2.24) is 4.90 Å². The van der Waals surface area contributed by atoms with Gasteiger partial charge in [0.15, 0.2) is 28.4 Å². The molecule has 1 aliphatic heterocycles. The second-order valence-electron chi connectivity index (χ2n) is 9.82. The van der Waals surface area contributed by atoms with Crippen LogP contribution in [0.3, 0.4) is 0 Å². The van der Waals surface area contributed by atoms with Crippen LogP contribution in [0.1, 0.15) is 51.3 Å². The molecule has 2 heterocycles. The van der Waals surface area contributed by atoms with Crippen molar-refractivity contribution in [2.24, 2.45) is 0 Å². The van der Waals surface area contributed by atoms with Crippen LogP contribution in [0.2, 0.25) is 0 Å². The van der Waals surface area contributed by atoms with Crippen LogP contribution in [0.4, 0.5) is 0 Å². The van der Waals surface area contributed by atoms with E-state index in [1.807, 2.05) is 69.3 Å². The van der Waals surface area contributed by atoms with Crippen LogP contribution in [0.25, 0.3) is 11.0 Å². The van der Waals surface area contributed by atoms with E-state index in [0.717, 1.165) is 22.3 Å². The predicted octanol–water partition coefficient (Wildman–Crippen LogP) is 5.62. The van der Waals surface area contributed by atoms with E-state index >= 15 is 0 Å². The van der Waals surface area contributed by atoms with Gasteiger partial charge in [0.25, 0.3) is 5.91 Å². The van der Waals surface area contributed by atoms with Crippen LogP contribution in [0.15, 0.2) is 57.7 Å². The second-order valence-corrected chi connectivity index (χ2v) is 9.82. The Morgan fingerprint density at radius 2 is 1.55 bits per heavy atom. The van der Waals surface area contributed by atoms with E-state index in [4.69, 9.17) is 23.4 Å². The number of carbonyl (C=O) groups excluding carboxylic acids is 1. The van der Waals surface area contributed by atoms with Gasteiger partial charge in [-0.1, -0.05) is 18.2 Å². The van der Waals surface area contributed by atoms with Crippen molar-refractivity contribution in [2.45, 2.75) is 33.2 Å². The Balaban J connectivity index is 1.64. The molecule has 208 valence electrons. The first-order valence-electron chi connectivity index (χ1n) is 13.2. The summed E-state index contributed by atoms with van der Waals surface area (Å²) in [5.74, 6) is 2.10. The number of hydrogen-bond donors (Lipinski definition) is 0. The van der Waals surface area contributed by atoms with Gasteiger partial charge in [-0.15, -0.1) is 0 Å². The van der Waals surface area contributed by atoms with Gasteiger partial charge in [0.05, 0.1) is 44.9 Å². The lowest BCUT2D eigenvalue weighted by Gasteiger charge is -2.26. The largest absolute Gasteiger partial charge is 0.493 e. The average Bonchev–Trinajstić information content (AvgIpc) is 3.24. The Hall–Kier alpha value is -4.46. The van der Waals surface area contributed by atoms with Crippen molar-refractivity contribution >= 4 is 16.9 Å². The zero-order valence-electron chi connectivity index (χ0n) is 23.6. The summed E-state index contributed by atoms with van der Waals surface area (Å²) in [5.41, 5.74) is 4.02. The van der Waals surface area contributed by atoms with Crippen molar-refractivity contribution in [2.75, 3.05) is 34.5 Å². The molecule has 40 heavy (non-hydrogen) atoms. The summed E-state index contributed by atoms with van der Waals surface area (Å²) in [6, 6.07) is 14.3. The average molecular weight is 544 g/mol. The van der Waals surface area contributed by atoms with Gasteiger partial charge in [-0.05, 0) is 79.8 Å². The minimum Gasteiger partial charge on any atom is -0.493 e. The van der Waals surface area contributed by atoms with E-state index in [0.29, 0.717) is 59.1 Å². The lowest BCUT2D eigenvalue weighted by molar-refractivity contribution is 0.0730. The monoisotopic (exact) mass is 543 g/mol. The third-order valence-electron chi connectivity index (χ3n) is 7.29. The minimum atomic E-state index is -0.659. The summed E-state index contributed by atoms with van der Waals surface area (Å²) >= 11 is 0. The van der Waals surface area contributed by atoms with Gasteiger partial charge >= 0.3 is 0 Å². The third kappa shape index (κ3) is 4.63. The van der Waals surface area contributed by atoms with E-state index in [2.05, 4.69) is 0 Å². The summed E-state index contributed by atoms with van der Waals surface area (Å²) in [4.78, 5) is 29.6. The van der Waals surface area contributed by atoms with Gasteiger partial charge in [-0.25, -0.2) is 0 Å². The molecule has 8 nitrogen and oxygen atoms in total. The number of amides is 1. The lowest BCUT2D eigenvalue weighted by Crippen LogP contribution is -2.31. The van der Waals surface area contributed by atoms with Crippen LogP contribution in [-0.2, 0) is 6.42 Å². The Kier molecular flexibility index (Phi) is 7.43. The number of carbonyl (C=O) groups is 1. The van der Waals surface area contributed by atoms with Crippen molar-refractivity contribution in [3.8, 4) is 23.0 Å². The Bertz CT molecular complexity index is 1660. The molecular weight excluding hydrogens is 510 g/mol. The molecule has 1 atom stereocenters. The quantitative estimate of drug-likeness (QED) is 0.271. The van der Waals surface area contributed by atoms with Gasteiger partial charge < -0.3 is 28.3 Å². The fourth-order valence-corrected chi connectivity index (χ4v) is 5.47. The molecule has 0 saturated heterocycles. The molecular formula is C32H33NO7. The van der Waals surface area contributed by atoms with Crippen molar-refractivity contribution in [1.29, 1.82) is 0 Å². The van der Waals surface area contributed by atoms with Crippen LogP contribution in [0.5, 0.6) is 23.0 Å². The molecule has 0 N–H and O–H groups in total. The molecule has 8 heteroatoms. The zero-order chi connectivity index (χ0) is 28.6. The molecule has 1 amide bonds. The molecule has 0 aliphatic carbocycles. The number of hydrogen-bond acceptors (Lipinski definition) is 7.